The van der Waals surface area contributed by atoms with Crippen molar-refractivity contribution in [2.24, 2.45) is 34.0 Å². The summed E-state index contributed by atoms with van der Waals surface area (Å²) in [6.45, 7) is 14.1. The number of ketones is 1. The molecule has 1 saturated heterocycles. The van der Waals surface area contributed by atoms with Gasteiger partial charge in [-0.3, -0.25) is 4.79 Å². The topological polar surface area (TPSA) is 113 Å². The summed E-state index contributed by atoms with van der Waals surface area (Å²) in [5.41, 5.74) is -0.674. The summed E-state index contributed by atoms with van der Waals surface area (Å²) >= 11 is 0. The van der Waals surface area contributed by atoms with E-state index in [0.29, 0.717) is 13.0 Å². The van der Waals surface area contributed by atoms with Gasteiger partial charge in [0.15, 0.2) is 6.10 Å². The van der Waals surface area contributed by atoms with Crippen molar-refractivity contribution in [3.8, 4) is 0 Å². The molecule has 2 bridgehead atoms. The Morgan fingerprint density at radius 3 is 2.04 bits per heavy atom. The van der Waals surface area contributed by atoms with E-state index in [2.05, 4.69) is 6.92 Å². The van der Waals surface area contributed by atoms with Crippen LogP contribution in [0.4, 0.5) is 0 Å². The Morgan fingerprint density at radius 2 is 1.53 bits per heavy atom. The Labute approximate surface area is 266 Å². The number of hydrogen-bond donors (Lipinski definition) is 3. The fourth-order valence-electron chi connectivity index (χ4n) is 10.3. The quantitative estimate of drug-likeness (QED) is 0.312. The third-order valence-electron chi connectivity index (χ3n) is 12.7. The fraction of sp³-hybridized carbons (Fsp3) is 0.579. The Bertz CT molecular complexity index is 1460. The van der Waals surface area contributed by atoms with Gasteiger partial charge in [-0.2, -0.15) is 0 Å². The highest BCUT2D eigenvalue weighted by Gasteiger charge is 2.72. The van der Waals surface area contributed by atoms with Crippen LogP contribution in [-0.2, 0) is 19.1 Å². The van der Waals surface area contributed by atoms with Gasteiger partial charge in [0.05, 0.1) is 29.8 Å². The molecule has 6 rings (SSSR count). The molecule has 3 aliphatic carbocycles. The molecule has 2 saturated carbocycles. The second-order valence-electron chi connectivity index (χ2n) is 15.2. The highest BCUT2D eigenvalue weighted by atomic mass is 16.6. The molecule has 7 nitrogen and oxygen atoms in total. The third-order valence-corrected chi connectivity index (χ3v) is 12.7. The normalized spacial score (nSPS) is 39.6. The zero-order chi connectivity index (χ0) is 32.7. The summed E-state index contributed by atoms with van der Waals surface area (Å²) < 4.78 is 12.1. The van der Waals surface area contributed by atoms with E-state index >= 15 is 0 Å². The van der Waals surface area contributed by atoms with Crippen LogP contribution in [0.5, 0.6) is 0 Å². The minimum absolute atomic E-state index is 0.0527. The molecule has 0 aromatic heterocycles. The van der Waals surface area contributed by atoms with Crippen LogP contribution in [0.3, 0.4) is 0 Å². The Hall–Kier alpha value is -2.84. The first-order valence-electron chi connectivity index (χ1n) is 16.4. The van der Waals surface area contributed by atoms with E-state index in [9.17, 15) is 24.9 Å². The number of fused-ring (bicyclic) bond motifs is 5. The van der Waals surface area contributed by atoms with Gasteiger partial charge in [-0.1, -0.05) is 95.3 Å². The number of benzene rings is 2. The molecule has 3 N–H and O–H groups in total. The Morgan fingerprint density at radius 1 is 0.978 bits per heavy atom. The lowest BCUT2D eigenvalue weighted by Gasteiger charge is -2.68. The van der Waals surface area contributed by atoms with Crippen molar-refractivity contribution in [1.29, 1.82) is 0 Å². The molecule has 242 valence electrons. The molecular formula is C38H48O7. The van der Waals surface area contributed by atoms with E-state index in [4.69, 9.17) is 9.47 Å². The molecule has 0 unspecified atom stereocenters. The van der Waals surface area contributed by atoms with Gasteiger partial charge in [0.25, 0.3) is 0 Å². The standard InChI is InChI=1S/C38H48O7/c1-21-26(45-34(42)31(40)29(24-14-10-8-11-15-24)25-16-12-9-13-17-25)19-38(43)23(3)32-36(6)20-44-28(36)18-27(39)37(32,7)33(41)22(2)30(21)35(38,4)5/h8-17,22-23,26-29,31-32,39-40,43H,18-20H2,1-7H3/t22-,23+,26+,27+,28-,31-,32-,36-,37-,38-/m1/s1. The molecule has 1 heterocycles. The minimum Gasteiger partial charge on any atom is -0.456 e. The van der Waals surface area contributed by atoms with Gasteiger partial charge in [-0.05, 0) is 48.0 Å². The van der Waals surface area contributed by atoms with E-state index < -0.39 is 63.9 Å². The van der Waals surface area contributed by atoms with E-state index in [1.165, 1.54) is 0 Å². The summed E-state index contributed by atoms with van der Waals surface area (Å²) in [5, 5.41) is 36.1. The SMILES string of the molecule is CC1=C2[C@@H](C)C(=O)[C@@]3(C)[C@H]([C@H](C)[C@](O)(C[C@@H]1OC(=O)[C@H](O)C(c1ccccc1)c1ccccc1)C2(C)C)[C@]1(C)CO[C@@H]1C[C@@H]3O. The van der Waals surface area contributed by atoms with Crippen LogP contribution < -0.4 is 0 Å². The highest BCUT2D eigenvalue weighted by molar-refractivity contribution is 5.91. The number of aliphatic hydroxyl groups excluding tert-OH is 2. The average molecular weight is 617 g/mol. The summed E-state index contributed by atoms with van der Waals surface area (Å²) in [4.78, 5) is 28.5. The monoisotopic (exact) mass is 616 g/mol. The van der Waals surface area contributed by atoms with Crippen molar-refractivity contribution in [3.05, 3.63) is 82.9 Å². The number of aliphatic hydroxyl groups is 3. The number of carbonyl (C=O) groups is 2. The predicted octanol–water partition coefficient (Wildman–Crippen LogP) is 5.22. The lowest BCUT2D eigenvalue weighted by atomic mass is 9.40. The number of ether oxygens (including phenoxy) is 2. The van der Waals surface area contributed by atoms with Gasteiger partial charge in [-0.25, -0.2) is 4.79 Å². The molecule has 0 spiro atoms. The number of rotatable bonds is 5. The molecule has 10 atom stereocenters. The van der Waals surface area contributed by atoms with Crippen LogP contribution in [0.2, 0.25) is 0 Å². The summed E-state index contributed by atoms with van der Waals surface area (Å²) in [7, 11) is 0. The zero-order valence-corrected chi connectivity index (χ0v) is 27.5. The maximum Gasteiger partial charge on any atom is 0.336 e. The average Bonchev–Trinajstić information content (AvgIpc) is 3.01. The first kappa shape index (κ1) is 32.1. The second-order valence-corrected chi connectivity index (χ2v) is 15.2. The van der Waals surface area contributed by atoms with Gasteiger partial charge in [0, 0.05) is 35.5 Å². The van der Waals surface area contributed by atoms with Crippen molar-refractivity contribution in [2.75, 3.05) is 6.61 Å². The number of hydrogen-bond acceptors (Lipinski definition) is 7. The molecule has 1 aliphatic heterocycles. The molecule has 2 aromatic carbocycles. The van der Waals surface area contributed by atoms with Gasteiger partial charge < -0.3 is 24.8 Å². The number of carbonyl (C=O) groups excluding carboxylic acids is 2. The molecule has 2 aromatic rings. The Balaban J connectivity index is 1.41. The molecule has 7 heteroatoms. The first-order chi connectivity index (χ1) is 21.1. The minimum atomic E-state index is -1.50. The van der Waals surface area contributed by atoms with E-state index in [0.717, 1.165) is 22.3 Å². The largest absolute Gasteiger partial charge is 0.456 e. The third kappa shape index (κ3) is 4.45. The van der Waals surface area contributed by atoms with Gasteiger partial charge in [0.1, 0.15) is 11.9 Å². The lowest BCUT2D eigenvalue weighted by Crippen LogP contribution is -2.74. The molecule has 0 amide bonds. The van der Waals surface area contributed by atoms with Gasteiger partial charge >= 0.3 is 5.97 Å². The molecule has 0 radical (unpaired) electrons. The van der Waals surface area contributed by atoms with Crippen molar-refractivity contribution in [3.63, 3.8) is 0 Å². The molecule has 4 aliphatic rings. The predicted molar refractivity (Wildman–Crippen MR) is 170 cm³/mol. The number of esters is 1. The smallest absolute Gasteiger partial charge is 0.336 e. The van der Waals surface area contributed by atoms with E-state index in [1.54, 1.807) is 0 Å². The number of Topliss-reactive ketones (excluding diaryl/α,β-unsaturated/α-hetero) is 1. The Kier molecular flexibility index (Phi) is 7.76. The van der Waals surface area contributed by atoms with Crippen molar-refractivity contribution in [1.82, 2.24) is 0 Å². The highest BCUT2D eigenvalue weighted by Crippen LogP contribution is 2.67. The maximum absolute atomic E-state index is 14.6. The van der Waals surface area contributed by atoms with Crippen LogP contribution in [-0.4, -0.2) is 63.7 Å². The molecule has 3 fully saturated rings. The van der Waals surface area contributed by atoms with E-state index in [-0.39, 0.29) is 24.2 Å². The summed E-state index contributed by atoms with van der Waals surface area (Å²) in [5.74, 6) is -2.93. The first-order valence-corrected chi connectivity index (χ1v) is 16.4. The summed E-state index contributed by atoms with van der Waals surface area (Å²) in [6, 6.07) is 18.8. The van der Waals surface area contributed by atoms with Crippen LogP contribution in [0.1, 0.15) is 78.4 Å². The molecular weight excluding hydrogens is 568 g/mol. The summed E-state index contributed by atoms with van der Waals surface area (Å²) in [6.07, 6.45) is -2.94. The van der Waals surface area contributed by atoms with Crippen molar-refractivity contribution < 1.29 is 34.4 Å². The molecule has 45 heavy (non-hydrogen) atoms. The van der Waals surface area contributed by atoms with E-state index in [1.807, 2.05) is 102 Å². The zero-order valence-electron chi connectivity index (χ0n) is 27.5. The van der Waals surface area contributed by atoms with Crippen LogP contribution in [0.15, 0.2) is 71.8 Å². The lowest BCUT2D eigenvalue weighted by molar-refractivity contribution is -0.301. The second kappa shape index (κ2) is 10.9. The maximum atomic E-state index is 14.6. The van der Waals surface area contributed by atoms with Crippen LogP contribution in [0, 0.1) is 34.0 Å². The fourth-order valence-corrected chi connectivity index (χ4v) is 10.3. The van der Waals surface area contributed by atoms with Gasteiger partial charge in [0.2, 0.25) is 0 Å². The van der Waals surface area contributed by atoms with Crippen LogP contribution >= 0.6 is 0 Å². The van der Waals surface area contributed by atoms with Gasteiger partial charge in [-0.15, -0.1) is 0 Å². The van der Waals surface area contributed by atoms with Crippen molar-refractivity contribution in [2.45, 2.75) is 97.2 Å². The van der Waals surface area contributed by atoms with Crippen LogP contribution in [0.25, 0.3) is 0 Å². The van der Waals surface area contributed by atoms with Crippen molar-refractivity contribution >= 4 is 11.8 Å².